The molecule has 2 N–H and O–H groups in total. The van der Waals surface area contributed by atoms with Gasteiger partial charge < -0.3 is 20.1 Å². The number of nitrogens with one attached hydrogen (secondary N) is 2. The largest absolute Gasteiger partial charge is 0.494 e. The zero-order chi connectivity index (χ0) is 20.3. The minimum atomic E-state index is -0.328. The second-order valence-electron chi connectivity index (χ2n) is 7.05. The molecule has 1 aliphatic heterocycles. The maximum absolute atomic E-state index is 12.2. The van der Waals surface area contributed by atoms with Crippen molar-refractivity contribution < 1.29 is 14.3 Å². The topological polar surface area (TPSA) is 83.4 Å². The predicted molar refractivity (Wildman–Crippen MR) is 111 cm³/mol. The predicted octanol–water partition coefficient (Wildman–Crippen LogP) is 3.78. The first-order valence-electron chi connectivity index (χ1n) is 10.1. The number of unbranched alkanes of at least 4 members (excludes halogenated alkanes) is 1. The van der Waals surface area contributed by atoms with Crippen molar-refractivity contribution in [2.45, 2.75) is 44.9 Å². The lowest BCUT2D eigenvalue weighted by atomic mass is 10.1. The van der Waals surface area contributed by atoms with Crippen molar-refractivity contribution >= 4 is 11.6 Å². The zero-order valence-electron chi connectivity index (χ0n) is 16.5. The van der Waals surface area contributed by atoms with Crippen LogP contribution in [0.3, 0.4) is 0 Å². The maximum Gasteiger partial charge on any atom is 0.253 e. The van der Waals surface area contributed by atoms with Crippen LogP contribution in [0.5, 0.6) is 5.75 Å². The molecule has 0 aliphatic carbocycles. The minimum absolute atomic E-state index is 0.0702. The quantitative estimate of drug-likeness (QED) is 0.600. The Hall–Kier alpha value is -2.88. The van der Waals surface area contributed by atoms with Gasteiger partial charge in [-0.2, -0.15) is 5.26 Å². The second kappa shape index (κ2) is 11.2. The first-order chi connectivity index (χ1) is 14.2. The summed E-state index contributed by atoms with van der Waals surface area (Å²) in [7, 11) is 0. The summed E-state index contributed by atoms with van der Waals surface area (Å²) in [6.45, 7) is 2.61. The third-order valence-corrected chi connectivity index (χ3v) is 4.67. The molecule has 1 saturated heterocycles. The number of ether oxygens (including phenoxy) is 2. The number of carbonyl (C=O) groups excluding carboxylic acids is 1. The Kier molecular flexibility index (Phi) is 8.05. The monoisotopic (exact) mass is 393 g/mol. The summed E-state index contributed by atoms with van der Waals surface area (Å²) in [6.07, 6.45) is 2.64. The van der Waals surface area contributed by atoms with Crippen molar-refractivity contribution in [3.63, 3.8) is 0 Å². The molecule has 29 heavy (non-hydrogen) atoms. The Labute approximate surface area is 171 Å². The third kappa shape index (κ3) is 6.90. The van der Waals surface area contributed by atoms with E-state index in [4.69, 9.17) is 14.7 Å². The van der Waals surface area contributed by atoms with Gasteiger partial charge in [-0.05, 0) is 54.7 Å². The van der Waals surface area contributed by atoms with E-state index in [1.165, 1.54) is 0 Å². The average molecular weight is 393 g/mol. The van der Waals surface area contributed by atoms with E-state index in [1.807, 2.05) is 48.5 Å². The summed E-state index contributed by atoms with van der Waals surface area (Å²) >= 11 is 0. The Morgan fingerprint density at radius 3 is 2.72 bits per heavy atom. The van der Waals surface area contributed by atoms with Crippen LogP contribution in [0.4, 0.5) is 5.69 Å². The standard InChI is InChI=1S/C23H27N3O3/c24-11-1-2-12-28-21-9-4-7-19(15-21)17-25-16-18-6-3-8-20(14-18)26-23(27)22-10-5-13-29-22/h3-4,6-9,14-15,22,25H,1-2,5,10,12-13,16-17H2,(H,26,27). The van der Waals surface area contributed by atoms with Crippen molar-refractivity contribution in [2.75, 3.05) is 18.5 Å². The minimum Gasteiger partial charge on any atom is -0.494 e. The van der Waals surface area contributed by atoms with Crippen molar-refractivity contribution in [1.82, 2.24) is 5.32 Å². The highest BCUT2D eigenvalue weighted by Crippen LogP contribution is 2.17. The van der Waals surface area contributed by atoms with E-state index >= 15 is 0 Å². The van der Waals surface area contributed by atoms with Crippen LogP contribution in [0.25, 0.3) is 0 Å². The van der Waals surface area contributed by atoms with Crippen LogP contribution < -0.4 is 15.4 Å². The average Bonchev–Trinajstić information content (AvgIpc) is 3.27. The summed E-state index contributed by atoms with van der Waals surface area (Å²) in [5, 5.41) is 14.9. The number of rotatable bonds is 10. The van der Waals surface area contributed by atoms with Crippen molar-refractivity contribution in [3.05, 3.63) is 59.7 Å². The summed E-state index contributed by atoms with van der Waals surface area (Å²) < 4.78 is 11.1. The molecule has 3 rings (SSSR count). The van der Waals surface area contributed by atoms with Gasteiger partial charge in [-0.25, -0.2) is 0 Å². The molecule has 2 aromatic carbocycles. The first-order valence-corrected chi connectivity index (χ1v) is 10.1. The lowest BCUT2D eigenvalue weighted by Crippen LogP contribution is -2.26. The van der Waals surface area contributed by atoms with E-state index in [0.29, 0.717) is 32.7 Å². The van der Waals surface area contributed by atoms with E-state index in [0.717, 1.165) is 41.8 Å². The molecule has 6 nitrogen and oxygen atoms in total. The number of hydrogen-bond acceptors (Lipinski definition) is 5. The number of benzene rings is 2. The fraction of sp³-hybridized carbons (Fsp3) is 0.391. The molecule has 6 heteroatoms. The number of anilines is 1. The van der Waals surface area contributed by atoms with Gasteiger partial charge in [0.2, 0.25) is 0 Å². The van der Waals surface area contributed by atoms with Crippen molar-refractivity contribution in [3.8, 4) is 11.8 Å². The molecule has 0 radical (unpaired) electrons. The molecule has 0 saturated carbocycles. The fourth-order valence-electron chi connectivity index (χ4n) is 3.20. The molecule has 0 spiro atoms. The molecule has 1 unspecified atom stereocenters. The van der Waals surface area contributed by atoms with E-state index in [1.54, 1.807) is 0 Å². The summed E-state index contributed by atoms with van der Waals surface area (Å²) in [5.74, 6) is 0.750. The number of carbonyl (C=O) groups is 1. The number of amides is 1. The van der Waals surface area contributed by atoms with Gasteiger partial charge in [-0.15, -0.1) is 0 Å². The Bertz CT molecular complexity index is 841. The molecule has 1 amide bonds. The molecule has 0 bridgehead atoms. The van der Waals surface area contributed by atoms with Gasteiger partial charge in [-0.3, -0.25) is 4.79 Å². The molecule has 1 fully saturated rings. The van der Waals surface area contributed by atoms with Crippen LogP contribution in [-0.4, -0.2) is 25.2 Å². The first kappa shape index (κ1) is 20.8. The van der Waals surface area contributed by atoms with E-state index in [2.05, 4.69) is 16.7 Å². The number of nitrogens with zero attached hydrogens (tertiary/aromatic N) is 1. The van der Waals surface area contributed by atoms with Crippen LogP contribution in [0, 0.1) is 11.3 Å². The molecule has 1 heterocycles. The molecule has 1 atom stereocenters. The van der Waals surface area contributed by atoms with Gasteiger partial charge in [0.1, 0.15) is 11.9 Å². The lowest BCUT2D eigenvalue weighted by Gasteiger charge is -2.12. The van der Waals surface area contributed by atoms with Crippen molar-refractivity contribution in [2.24, 2.45) is 0 Å². The van der Waals surface area contributed by atoms with Crippen LogP contribution in [0.15, 0.2) is 48.5 Å². The molecular weight excluding hydrogens is 366 g/mol. The van der Waals surface area contributed by atoms with Gasteiger partial charge >= 0.3 is 0 Å². The van der Waals surface area contributed by atoms with Gasteiger partial charge in [0.15, 0.2) is 0 Å². The number of nitriles is 1. The highest BCUT2D eigenvalue weighted by atomic mass is 16.5. The van der Waals surface area contributed by atoms with E-state index < -0.39 is 0 Å². The van der Waals surface area contributed by atoms with Gasteiger partial charge in [0, 0.05) is 31.8 Å². The Morgan fingerprint density at radius 1 is 1.17 bits per heavy atom. The summed E-state index contributed by atoms with van der Waals surface area (Å²) in [6, 6.07) is 17.9. The summed E-state index contributed by atoms with van der Waals surface area (Å²) in [4.78, 5) is 12.2. The molecule has 0 aromatic heterocycles. The Morgan fingerprint density at radius 2 is 1.97 bits per heavy atom. The van der Waals surface area contributed by atoms with Gasteiger partial charge in [-0.1, -0.05) is 24.3 Å². The maximum atomic E-state index is 12.2. The number of hydrogen-bond donors (Lipinski definition) is 2. The van der Waals surface area contributed by atoms with Crippen LogP contribution >= 0.6 is 0 Å². The van der Waals surface area contributed by atoms with E-state index in [-0.39, 0.29) is 12.0 Å². The molecule has 152 valence electrons. The van der Waals surface area contributed by atoms with Gasteiger partial charge in [0.05, 0.1) is 12.7 Å². The highest BCUT2D eigenvalue weighted by molar-refractivity contribution is 5.94. The highest BCUT2D eigenvalue weighted by Gasteiger charge is 2.23. The molecule has 1 aliphatic rings. The van der Waals surface area contributed by atoms with Crippen LogP contribution in [0.1, 0.15) is 36.8 Å². The van der Waals surface area contributed by atoms with E-state index in [9.17, 15) is 4.79 Å². The molecular formula is C23H27N3O3. The third-order valence-electron chi connectivity index (χ3n) is 4.67. The fourth-order valence-corrected chi connectivity index (χ4v) is 3.20. The van der Waals surface area contributed by atoms with Crippen molar-refractivity contribution in [1.29, 1.82) is 5.26 Å². The Balaban J connectivity index is 1.45. The van der Waals surface area contributed by atoms with Crippen LogP contribution in [0.2, 0.25) is 0 Å². The summed E-state index contributed by atoms with van der Waals surface area (Å²) in [5.41, 5.74) is 3.02. The van der Waals surface area contributed by atoms with Gasteiger partial charge in [0.25, 0.3) is 5.91 Å². The normalized spacial score (nSPS) is 15.6. The molecule has 2 aromatic rings. The second-order valence-corrected chi connectivity index (χ2v) is 7.05. The SMILES string of the molecule is N#CCCCOc1cccc(CNCc2cccc(NC(=O)C3CCCO3)c2)c1. The zero-order valence-corrected chi connectivity index (χ0v) is 16.5. The smallest absolute Gasteiger partial charge is 0.253 e. The lowest BCUT2D eigenvalue weighted by molar-refractivity contribution is -0.124. The van der Waals surface area contributed by atoms with Crippen LogP contribution in [-0.2, 0) is 22.6 Å².